The van der Waals surface area contributed by atoms with Gasteiger partial charge < -0.3 is 15.1 Å². The van der Waals surface area contributed by atoms with E-state index in [1.807, 2.05) is 13.1 Å². The molecule has 1 aliphatic heterocycles. The Morgan fingerprint density at radius 3 is 2.60 bits per heavy atom. The van der Waals surface area contributed by atoms with Crippen molar-refractivity contribution >= 4 is 11.9 Å². The number of likely N-dealkylation sites (N-methyl/N-ethyl adjacent to an activating group) is 1. The molecule has 0 radical (unpaired) electrons. The van der Waals surface area contributed by atoms with Crippen LogP contribution in [0.2, 0.25) is 0 Å². The molecule has 2 rings (SSSR count). The molecule has 0 saturated carbocycles. The second-order valence-corrected chi connectivity index (χ2v) is 6.90. The van der Waals surface area contributed by atoms with E-state index in [1.165, 1.54) is 5.56 Å². The number of benzene rings is 1. The minimum Gasteiger partial charge on any atom is -0.349 e. The molecule has 138 valence electrons. The van der Waals surface area contributed by atoms with Gasteiger partial charge in [0.25, 0.3) is 0 Å². The molecule has 1 fully saturated rings. The molecule has 1 N–H and O–H groups in total. The van der Waals surface area contributed by atoms with Gasteiger partial charge in [0.05, 0.1) is 0 Å². The second-order valence-electron chi connectivity index (χ2n) is 6.90. The lowest BCUT2D eigenvalue weighted by molar-refractivity contribution is -0.128. The van der Waals surface area contributed by atoms with E-state index in [0.717, 1.165) is 32.5 Å². The average molecular weight is 346 g/mol. The van der Waals surface area contributed by atoms with Crippen molar-refractivity contribution in [1.82, 2.24) is 20.0 Å². The number of piperidine rings is 1. The van der Waals surface area contributed by atoms with E-state index in [4.69, 9.17) is 0 Å². The van der Waals surface area contributed by atoms with Gasteiger partial charge in [-0.15, -0.1) is 0 Å². The van der Waals surface area contributed by atoms with Crippen LogP contribution in [0.5, 0.6) is 0 Å². The number of carbonyl (C=O) groups is 2. The molecule has 1 aromatic carbocycles. The van der Waals surface area contributed by atoms with Crippen molar-refractivity contribution in [1.29, 1.82) is 0 Å². The van der Waals surface area contributed by atoms with Crippen molar-refractivity contribution in [2.75, 3.05) is 40.8 Å². The summed E-state index contributed by atoms with van der Waals surface area (Å²) in [5.74, 6) is 0.0228. The SMILES string of the molecule is CN(C)C(=O)CCNC(=O)N(C)C1CCCN(Cc2ccccc2)C1. The van der Waals surface area contributed by atoms with Crippen LogP contribution in [0.25, 0.3) is 0 Å². The fourth-order valence-corrected chi connectivity index (χ4v) is 3.12. The highest BCUT2D eigenvalue weighted by Crippen LogP contribution is 2.17. The zero-order valence-electron chi connectivity index (χ0n) is 15.6. The molecule has 1 aromatic rings. The maximum absolute atomic E-state index is 12.3. The van der Waals surface area contributed by atoms with Gasteiger partial charge in [0.15, 0.2) is 0 Å². The van der Waals surface area contributed by atoms with Crippen LogP contribution in [0.15, 0.2) is 30.3 Å². The molecule has 3 amide bonds. The minimum absolute atomic E-state index is 0.0228. The smallest absolute Gasteiger partial charge is 0.317 e. The first-order valence-electron chi connectivity index (χ1n) is 8.94. The second kappa shape index (κ2) is 9.42. The van der Waals surface area contributed by atoms with Gasteiger partial charge in [-0.3, -0.25) is 9.69 Å². The quantitative estimate of drug-likeness (QED) is 0.854. The number of hydrogen-bond donors (Lipinski definition) is 1. The normalized spacial score (nSPS) is 17.8. The molecule has 0 bridgehead atoms. The van der Waals surface area contributed by atoms with Gasteiger partial charge in [-0.2, -0.15) is 0 Å². The largest absolute Gasteiger partial charge is 0.349 e. The van der Waals surface area contributed by atoms with Crippen LogP contribution in [0.3, 0.4) is 0 Å². The predicted octanol–water partition coefficient (Wildman–Crippen LogP) is 1.77. The fourth-order valence-electron chi connectivity index (χ4n) is 3.12. The van der Waals surface area contributed by atoms with Crippen LogP contribution in [0.1, 0.15) is 24.8 Å². The Kier molecular flexibility index (Phi) is 7.25. The highest BCUT2D eigenvalue weighted by Gasteiger charge is 2.26. The number of rotatable bonds is 6. The molecule has 1 heterocycles. The number of carbonyl (C=O) groups excluding carboxylic acids is 2. The number of nitrogens with one attached hydrogen (secondary N) is 1. The lowest BCUT2D eigenvalue weighted by atomic mass is 10.0. The summed E-state index contributed by atoms with van der Waals surface area (Å²) in [6.45, 7) is 3.25. The average Bonchev–Trinajstić information content (AvgIpc) is 2.61. The standard InChI is InChI=1S/C19H30N4O2/c1-21(2)18(24)11-12-20-19(25)22(3)17-10-7-13-23(15-17)14-16-8-5-4-6-9-16/h4-6,8-9,17H,7,10-15H2,1-3H3,(H,20,25). The molecule has 1 unspecified atom stereocenters. The summed E-state index contributed by atoms with van der Waals surface area (Å²) in [5.41, 5.74) is 1.30. The molecule has 0 spiro atoms. The first-order valence-corrected chi connectivity index (χ1v) is 8.94. The number of hydrogen-bond acceptors (Lipinski definition) is 3. The van der Waals surface area contributed by atoms with E-state index in [-0.39, 0.29) is 18.0 Å². The van der Waals surface area contributed by atoms with Crippen molar-refractivity contribution in [3.05, 3.63) is 35.9 Å². The number of nitrogens with zero attached hydrogens (tertiary/aromatic N) is 3. The summed E-state index contributed by atoms with van der Waals surface area (Å²) in [4.78, 5) is 29.6. The first kappa shape index (κ1) is 19.2. The van der Waals surface area contributed by atoms with Crippen LogP contribution < -0.4 is 5.32 Å². The highest BCUT2D eigenvalue weighted by atomic mass is 16.2. The molecule has 1 saturated heterocycles. The molecule has 0 aromatic heterocycles. The zero-order valence-corrected chi connectivity index (χ0v) is 15.6. The van der Waals surface area contributed by atoms with Crippen LogP contribution in [-0.2, 0) is 11.3 Å². The lowest BCUT2D eigenvalue weighted by Gasteiger charge is -2.37. The van der Waals surface area contributed by atoms with Crippen molar-refractivity contribution in [2.45, 2.75) is 31.8 Å². The van der Waals surface area contributed by atoms with Crippen molar-refractivity contribution < 1.29 is 9.59 Å². The molecule has 6 nitrogen and oxygen atoms in total. The summed E-state index contributed by atoms with van der Waals surface area (Å²) >= 11 is 0. The molecular formula is C19H30N4O2. The topological polar surface area (TPSA) is 55.9 Å². The molecular weight excluding hydrogens is 316 g/mol. The minimum atomic E-state index is -0.0990. The van der Waals surface area contributed by atoms with Crippen LogP contribution in [-0.4, -0.2) is 73.5 Å². The highest BCUT2D eigenvalue weighted by molar-refractivity contribution is 5.78. The lowest BCUT2D eigenvalue weighted by Crippen LogP contribution is -2.51. The van der Waals surface area contributed by atoms with Gasteiger partial charge in [-0.25, -0.2) is 4.79 Å². The Morgan fingerprint density at radius 1 is 1.20 bits per heavy atom. The van der Waals surface area contributed by atoms with Gasteiger partial charge in [0.1, 0.15) is 0 Å². The van der Waals surface area contributed by atoms with Crippen LogP contribution >= 0.6 is 0 Å². The molecule has 6 heteroatoms. The summed E-state index contributed by atoms with van der Waals surface area (Å²) in [7, 11) is 5.29. The van der Waals surface area contributed by atoms with E-state index < -0.39 is 0 Å². The van der Waals surface area contributed by atoms with Crippen molar-refractivity contribution in [3.63, 3.8) is 0 Å². The molecule has 25 heavy (non-hydrogen) atoms. The van der Waals surface area contributed by atoms with Crippen LogP contribution in [0, 0.1) is 0 Å². The third-order valence-electron chi connectivity index (χ3n) is 4.71. The Balaban J connectivity index is 1.79. The fraction of sp³-hybridized carbons (Fsp3) is 0.579. The Labute approximate surface area is 150 Å². The molecule has 1 aliphatic rings. The third kappa shape index (κ3) is 6.05. The van der Waals surface area contributed by atoms with E-state index in [1.54, 1.807) is 23.9 Å². The Hall–Kier alpha value is -2.08. The van der Waals surface area contributed by atoms with Gasteiger partial charge in [-0.05, 0) is 24.9 Å². The van der Waals surface area contributed by atoms with Gasteiger partial charge in [0, 0.05) is 53.2 Å². The zero-order chi connectivity index (χ0) is 18.2. The Morgan fingerprint density at radius 2 is 1.92 bits per heavy atom. The number of urea groups is 1. The van der Waals surface area contributed by atoms with E-state index >= 15 is 0 Å². The maximum Gasteiger partial charge on any atom is 0.317 e. The van der Waals surface area contributed by atoms with E-state index in [2.05, 4.69) is 34.5 Å². The predicted molar refractivity (Wildman–Crippen MR) is 99.2 cm³/mol. The monoisotopic (exact) mass is 346 g/mol. The van der Waals surface area contributed by atoms with E-state index in [9.17, 15) is 9.59 Å². The van der Waals surface area contributed by atoms with Gasteiger partial charge in [0.2, 0.25) is 5.91 Å². The number of amides is 3. The summed E-state index contributed by atoms with van der Waals surface area (Å²) in [6, 6.07) is 10.5. The number of likely N-dealkylation sites (tertiary alicyclic amines) is 1. The van der Waals surface area contributed by atoms with Crippen LogP contribution in [0.4, 0.5) is 4.79 Å². The summed E-state index contributed by atoms with van der Waals surface area (Å²) in [5, 5.41) is 2.85. The molecule has 1 atom stereocenters. The Bertz CT molecular complexity index is 562. The summed E-state index contributed by atoms with van der Waals surface area (Å²) in [6.07, 6.45) is 2.44. The van der Waals surface area contributed by atoms with Crippen molar-refractivity contribution in [3.8, 4) is 0 Å². The van der Waals surface area contributed by atoms with Crippen molar-refractivity contribution in [2.24, 2.45) is 0 Å². The molecule has 0 aliphatic carbocycles. The van der Waals surface area contributed by atoms with E-state index in [0.29, 0.717) is 13.0 Å². The maximum atomic E-state index is 12.3. The van der Waals surface area contributed by atoms with Gasteiger partial charge >= 0.3 is 6.03 Å². The first-order chi connectivity index (χ1) is 12.0. The third-order valence-corrected chi connectivity index (χ3v) is 4.71. The summed E-state index contributed by atoms with van der Waals surface area (Å²) < 4.78 is 0. The van der Waals surface area contributed by atoms with Gasteiger partial charge in [-0.1, -0.05) is 30.3 Å².